The summed E-state index contributed by atoms with van der Waals surface area (Å²) >= 11 is 2.99. The zero-order chi connectivity index (χ0) is 20.9. The molecule has 0 bridgehead atoms. The van der Waals surface area contributed by atoms with Crippen molar-refractivity contribution in [3.05, 3.63) is 52.5 Å². The fourth-order valence-electron chi connectivity index (χ4n) is 3.35. The Hall–Kier alpha value is -2.23. The third kappa shape index (κ3) is 5.08. The molecular weight excluding hydrogens is 423 g/mol. The minimum absolute atomic E-state index is 0.0289. The number of benzene rings is 1. The Kier molecular flexibility index (Phi) is 6.81. The number of thioether (sulfide) groups is 1. The van der Waals surface area contributed by atoms with E-state index in [1.54, 1.807) is 28.4 Å². The van der Waals surface area contributed by atoms with Crippen LogP contribution in [-0.2, 0) is 22.6 Å². The second kappa shape index (κ2) is 9.72. The van der Waals surface area contributed by atoms with E-state index in [4.69, 9.17) is 4.74 Å². The molecule has 0 spiro atoms. The molecule has 1 aromatic carbocycles. The van der Waals surface area contributed by atoms with E-state index in [2.05, 4.69) is 10.2 Å². The Bertz CT molecular complexity index is 970. The molecule has 1 aliphatic rings. The van der Waals surface area contributed by atoms with Crippen molar-refractivity contribution >= 4 is 29.0 Å². The summed E-state index contributed by atoms with van der Waals surface area (Å²) in [5, 5.41) is 13.4. The van der Waals surface area contributed by atoms with E-state index in [0.717, 1.165) is 30.6 Å². The highest BCUT2D eigenvalue weighted by atomic mass is 32.2. The van der Waals surface area contributed by atoms with Gasteiger partial charge in [0.2, 0.25) is 5.91 Å². The third-order valence-corrected chi connectivity index (χ3v) is 6.66. The van der Waals surface area contributed by atoms with Crippen LogP contribution in [0.1, 0.15) is 18.4 Å². The number of rotatable bonds is 8. The lowest BCUT2D eigenvalue weighted by atomic mass is 10.2. The van der Waals surface area contributed by atoms with E-state index < -0.39 is 0 Å². The zero-order valence-electron chi connectivity index (χ0n) is 16.7. The maximum Gasteiger partial charge on any atom is 0.233 e. The predicted octanol–water partition coefficient (Wildman–Crippen LogP) is 4.08. The van der Waals surface area contributed by atoms with Crippen LogP contribution in [0.5, 0.6) is 0 Å². The van der Waals surface area contributed by atoms with Crippen LogP contribution in [0.4, 0.5) is 4.39 Å². The Labute approximate surface area is 183 Å². The molecule has 1 saturated heterocycles. The average molecular weight is 447 g/mol. The molecule has 9 heteroatoms. The van der Waals surface area contributed by atoms with Gasteiger partial charge in [0.25, 0.3) is 0 Å². The van der Waals surface area contributed by atoms with Crippen molar-refractivity contribution in [1.29, 1.82) is 0 Å². The van der Waals surface area contributed by atoms with Gasteiger partial charge in [0, 0.05) is 25.8 Å². The molecule has 1 atom stereocenters. The number of carbonyl (C=O) groups excluding carboxylic acids is 1. The van der Waals surface area contributed by atoms with Gasteiger partial charge in [-0.3, -0.25) is 9.36 Å². The average Bonchev–Trinajstić information content (AvgIpc) is 3.50. The molecule has 2 aromatic heterocycles. The first-order valence-corrected chi connectivity index (χ1v) is 11.7. The van der Waals surface area contributed by atoms with Crippen molar-refractivity contribution in [2.45, 2.75) is 37.2 Å². The van der Waals surface area contributed by atoms with Crippen molar-refractivity contribution in [1.82, 2.24) is 19.7 Å². The summed E-state index contributed by atoms with van der Waals surface area (Å²) in [6.45, 7) is 1.96. The molecule has 3 heterocycles. The fraction of sp³-hybridized carbons (Fsp3) is 0.381. The Morgan fingerprint density at radius 1 is 1.33 bits per heavy atom. The van der Waals surface area contributed by atoms with Gasteiger partial charge in [0.05, 0.1) is 18.4 Å². The van der Waals surface area contributed by atoms with Crippen LogP contribution in [0.25, 0.3) is 11.4 Å². The first-order valence-electron chi connectivity index (χ1n) is 9.79. The van der Waals surface area contributed by atoms with E-state index >= 15 is 0 Å². The molecule has 1 amide bonds. The molecule has 0 saturated carbocycles. The Morgan fingerprint density at radius 2 is 2.17 bits per heavy atom. The first-order chi connectivity index (χ1) is 14.6. The maximum absolute atomic E-state index is 13.3. The van der Waals surface area contributed by atoms with Crippen LogP contribution < -0.4 is 0 Å². The summed E-state index contributed by atoms with van der Waals surface area (Å²) in [5.74, 6) is 0.666. The van der Waals surface area contributed by atoms with E-state index in [-0.39, 0.29) is 23.6 Å². The molecule has 1 aliphatic heterocycles. The molecular formula is C21H23FN4O2S2. The summed E-state index contributed by atoms with van der Waals surface area (Å²) in [4.78, 5) is 14.3. The van der Waals surface area contributed by atoms with Crippen LogP contribution in [0.2, 0.25) is 0 Å². The quantitative estimate of drug-likeness (QED) is 0.488. The van der Waals surface area contributed by atoms with Gasteiger partial charge in [-0.1, -0.05) is 11.8 Å². The molecule has 1 unspecified atom stereocenters. The second-order valence-electron chi connectivity index (χ2n) is 7.23. The lowest BCUT2D eigenvalue weighted by Crippen LogP contribution is -2.27. The predicted molar refractivity (Wildman–Crippen MR) is 116 cm³/mol. The van der Waals surface area contributed by atoms with Gasteiger partial charge >= 0.3 is 0 Å². The monoisotopic (exact) mass is 446 g/mol. The molecule has 4 rings (SSSR count). The minimum atomic E-state index is -0.294. The van der Waals surface area contributed by atoms with Crippen molar-refractivity contribution in [2.75, 3.05) is 19.4 Å². The van der Waals surface area contributed by atoms with Crippen LogP contribution >= 0.6 is 23.1 Å². The Balaban J connectivity index is 1.48. The van der Waals surface area contributed by atoms with E-state index in [0.29, 0.717) is 24.1 Å². The lowest BCUT2D eigenvalue weighted by molar-refractivity contribution is -0.127. The maximum atomic E-state index is 13.3. The number of ether oxygens (including phenoxy) is 1. The van der Waals surface area contributed by atoms with Crippen LogP contribution in [0.15, 0.2) is 46.2 Å². The number of carbonyl (C=O) groups is 1. The van der Waals surface area contributed by atoms with Gasteiger partial charge in [-0.05, 0) is 59.5 Å². The van der Waals surface area contributed by atoms with Gasteiger partial charge in [-0.2, -0.15) is 11.3 Å². The lowest BCUT2D eigenvalue weighted by Gasteiger charge is -2.17. The van der Waals surface area contributed by atoms with Gasteiger partial charge in [-0.15, -0.1) is 10.2 Å². The highest BCUT2D eigenvalue weighted by molar-refractivity contribution is 7.99. The zero-order valence-corrected chi connectivity index (χ0v) is 18.3. The van der Waals surface area contributed by atoms with Crippen molar-refractivity contribution in [3.63, 3.8) is 0 Å². The number of nitrogens with zero attached hydrogens (tertiary/aromatic N) is 4. The minimum Gasteiger partial charge on any atom is -0.376 e. The van der Waals surface area contributed by atoms with Gasteiger partial charge in [0.1, 0.15) is 5.82 Å². The van der Waals surface area contributed by atoms with E-state index in [9.17, 15) is 9.18 Å². The normalized spacial score (nSPS) is 16.1. The Morgan fingerprint density at radius 3 is 2.87 bits per heavy atom. The van der Waals surface area contributed by atoms with E-state index in [1.807, 2.05) is 28.4 Å². The SMILES string of the molecule is CN(Cc1ccsc1)C(=O)CSc1nnc(-c2ccc(F)cc2)n1CC1CCCO1. The van der Waals surface area contributed by atoms with Crippen LogP contribution in [0, 0.1) is 5.82 Å². The van der Waals surface area contributed by atoms with Crippen LogP contribution in [-0.4, -0.2) is 51.1 Å². The number of hydrogen-bond acceptors (Lipinski definition) is 6. The largest absolute Gasteiger partial charge is 0.376 e. The number of halogens is 1. The molecule has 0 N–H and O–H groups in total. The first kappa shape index (κ1) is 21.0. The molecule has 6 nitrogen and oxygen atoms in total. The van der Waals surface area contributed by atoms with E-state index in [1.165, 1.54) is 23.9 Å². The molecule has 30 heavy (non-hydrogen) atoms. The number of aromatic nitrogens is 3. The van der Waals surface area contributed by atoms with Crippen LogP contribution in [0.3, 0.4) is 0 Å². The number of thiophene rings is 1. The van der Waals surface area contributed by atoms with Gasteiger partial charge < -0.3 is 9.64 Å². The smallest absolute Gasteiger partial charge is 0.233 e. The molecule has 3 aromatic rings. The summed E-state index contributed by atoms with van der Waals surface area (Å²) in [7, 11) is 1.81. The molecule has 0 aliphatic carbocycles. The van der Waals surface area contributed by atoms with Crippen molar-refractivity contribution in [3.8, 4) is 11.4 Å². The third-order valence-electron chi connectivity index (χ3n) is 4.98. The summed E-state index contributed by atoms with van der Waals surface area (Å²) in [6, 6.07) is 8.24. The standard InChI is InChI=1S/C21H23FN4O2S2/c1-25(11-15-8-10-29-13-15)19(27)14-30-21-24-23-20(16-4-6-17(22)7-5-16)26(21)12-18-3-2-9-28-18/h4-8,10,13,18H,2-3,9,11-12,14H2,1H3. The molecule has 158 valence electrons. The summed E-state index contributed by atoms with van der Waals surface area (Å²) < 4.78 is 21.1. The highest BCUT2D eigenvalue weighted by Gasteiger charge is 2.22. The second-order valence-corrected chi connectivity index (χ2v) is 8.95. The molecule has 0 radical (unpaired) electrons. The number of hydrogen-bond donors (Lipinski definition) is 0. The highest BCUT2D eigenvalue weighted by Crippen LogP contribution is 2.27. The van der Waals surface area contributed by atoms with Gasteiger partial charge in [-0.25, -0.2) is 4.39 Å². The van der Waals surface area contributed by atoms with Crippen molar-refractivity contribution in [2.24, 2.45) is 0 Å². The topological polar surface area (TPSA) is 60.2 Å². The fourth-order valence-corrected chi connectivity index (χ4v) is 4.89. The van der Waals surface area contributed by atoms with Gasteiger partial charge in [0.15, 0.2) is 11.0 Å². The van der Waals surface area contributed by atoms with Crippen molar-refractivity contribution < 1.29 is 13.9 Å². The number of amides is 1. The summed E-state index contributed by atoms with van der Waals surface area (Å²) in [6.07, 6.45) is 2.11. The molecule has 1 fully saturated rings. The summed E-state index contributed by atoms with van der Waals surface area (Å²) in [5.41, 5.74) is 1.91.